The Morgan fingerprint density at radius 2 is 2.15 bits per heavy atom. The zero-order valence-corrected chi connectivity index (χ0v) is 16.7. The van der Waals surface area contributed by atoms with Crippen molar-refractivity contribution in [3.8, 4) is 0 Å². The van der Waals surface area contributed by atoms with Gasteiger partial charge in [0, 0.05) is 32.0 Å². The number of hydrogen-bond acceptors (Lipinski definition) is 4. The monoisotopic (exact) mass is 377 g/mol. The van der Waals surface area contributed by atoms with E-state index in [0.29, 0.717) is 43.3 Å². The lowest BCUT2D eigenvalue weighted by Crippen LogP contribution is -2.40. The predicted octanol–water partition coefficient (Wildman–Crippen LogP) is 2.77. The van der Waals surface area contributed by atoms with E-state index in [1.54, 1.807) is 11.3 Å². The Morgan fingerprint density at radius 3 is 2.81 bits per heavy atom. The van der Waals surface area contributed by atoms with Gasteiger partial charge in [-0.1, -0.05) is 13.8 Å². The normalized spacial score (nSPS) is 21.0. The lowest BCUT2D eigenvalue weighted by atomic mass is 9.93. The lowest BCUT2D eigenvalue weighted by Gasteiger charge is -2.29. The number of amides is 2. The summed E-state index contributed by atoms with van der Waals surface area (Å²) in [5, 5.41) is 10.5. The topological polar surface area (TPSA) is 61.4 Å². The first-order chi connectivity index (χ1) is 12.5. The molecule has 0 aromatic carbocycles. The molecule has 3 rings (SSSR count). The molecule has 1 saturated carbocycles. The first kappa shape index (κ1) is 19.4. The predicted molar refractivity (Wildman–Crippen MR) is 105 cm³/mol. The van der Waals surface area contributed by atoms with Gasteiger partial charge in [0.05, 0.1) is 0 Å². The van der Waals surface area contributed by atoms with E-state index >= 15 is 0 Å². The molecule has 2 aliphatic rings. The number of thiophene rings is 1. The van der Waals surface area contributed by atoms with E-state index in [9.17, 15) is 9.59 Å². The van der Waals surface area contributed by atoms with Crippen LogP contribution in [0.15, 0.2) is 16.8 Å². The fraction of sp³-hybridized carbons (Fsp3) is 0.700. The summed E-state index contributed by atoms with van der Waals surface area (Å²) < 4.78 is 0. The maximum absolute atomic E-state index is 12.9. The molecular formula is C20H31N3O2S. The van der Waals surface area contributed by atoms with Crippen LogP contribution in [-0.2, 0) is 16.1 Å². The summed E-state index contributed by atoms with van der Waals surface area (Å²) in [5.74, 6) is 0.548. The minimum atomic E-state index is 0.0402. The fourth-order valence-electron chi connectivity index (χ4n) is 4.08. The molecule has 1 saturated heterocycles. The first-order valence-corrected chi connectivity index (χ1v) is 10.7. The molecule has 5 nitrogen and oxygen atoms in total. The molecule has 2 amide bonds. The van der Waals surface area contributed by atoms with Crippen LogP contribution in [0.3, 0.4) is 0 Å². The van der Waals surface area contributed by atoms with Gasteiger partial charge in [0.2, 0.25) is 11.8 Å². The summed E-state index contributed by atoms with van der Waals surface area (Å²) >= 11 is 1.67. The summed E-state index contributed by atoms with van der Waals surface area (Å²) in [6.07, 6.45) is 4.36. The summed E-state index contributed by atoms with van der Waals surface area (Å²) in [6, 6.07) is 2.47. The third-order valence-electron chi connectivity index (χ3n) is 5.63. The number of piperidine rings is 1. The minimum Gasteiger partial charge on any atom is -0.356 e. The van der Waals surface area contributed by atoms with Crippen LogP contribution >= 0.6 is 11.3 Å². The van der Waals surface area contributed by atoms with Gasteiger partial charge in [0.1, 0.15) is 0 Å². The van der Waals surface area contributed by atoms with Crippen molar-refractivity contribution in [1.29, 1.82) is 0 Å². The van der Waals surface area contributed by atoms with Crippen molar-refractivity contribution in [1.82, 2.24) is 15.5 Å². The zero-order chi connectivity index (χ0) is 18.6. The molecule has 1 aliphatic carbocycles. The van der Waals surface area contributed by atoms with Crippen LogP contribution in [-0.4, -0.2) is 42.4 Å². The molecule has 2 heterocycles. The van der Waals surface area contributed by atoms with E-state index < -0.39 is 0 Å². The van der Waals surface area contributed by atoms with Gasteiger partial charge in [-0.3, -0.25) is 9.59 Å². The average Bonchev–Trinajstić information content (AvgIpc) is 3.03. The van der Waals surface area contributed by atoms with Crippen LogP contribution in [0.25, 0.3) is 0 Å². The molecule has 2 fully saturated rings. The molecule has 0 bridgehead atoms. The van der Waals surface area contributed by atoms with Crippen molar-refractivity contribution in [3.63, 3.8) is 0 Å². The number of rotatable bonds is 8. The number of hydrogen-bond donors (Lipinski definition) is 2. The van der Waals surface area contributed by atoms with Crippen molar-refractivity contribution in [2.24, 2.45) is 11.3 Å². The van der Waals surface area contributed by atoms with E-state index in [0.717, 1.165) is 32.4 Å². The Kier molecular flexibility index (Phi) is 6.35. The Bertz CT molecular complexity index is 609. The van der Waals surface area contributed by atoms with Crippen LogP contribution in [0.2, 0.25) is 0 Å². The second-order valence-corrected chi connectivity index (χ2v) is 8.96. The molecule has 6 heteroatoms. The maximum Gasteiger partial charge on any atom is 0.224 e. The highest BCUT2D eigenvalue weighted by Crippen LogP contribution is 2.56. The molecule has 26 heavy (non-hydrogen) atoms. The maximum atomic E-state index is 12.9. The number of nitrogens with zero attached hydrogens (tertiary/aromatic N) is 1. The van der Waals surface area contributed by atoms with Crippen LogP contribution in [0, 0.1) is 11.3 Å². The summed E-state index contributed by atoms with van der Waals surface area (Å²) in [7, 11) is 0. The van der Waals surface area contributed by atoms with Gasteiger partial charge < -0.3 is 15.5 Å². The quantitative estimate of drug-likeness (QED) is 0.732. The van der Waals surface area contributed by atoms with Gasteiger partial charge in [-0.05, 0) is 66.1 Å². The van der Waals surface area contributed by atoms with Crippen LogP contribution in [0.5, 0.6) is 0 Å². The highest BCUT2D eigenvalue weighted by molar-refractivity contribution is 7.07. The Morgan fingerprint density at radius 1 is 1.38 bits per heavy atom. The van der Waals surface area contributed by atoms with E-state index in [1.807, 2.05) is 13.8 Å². The standard InChI is InChI=1S/C20H31N3O2S/c1-15(2)11-18(24)22-7-3-19(25)23(13-16-4-10-26-14-16)17-12-20(17)5-8-21-9-6-20/h4,10,14-15,17,21H,3,5-9,11-13H2,1-2H3,(H,22,24). The van der Waals surface area contributed by atoms with E-state index in [2.05, 4.69) is 32.4 Å². The highest BCUT2D eigenvalue weighted by atomic mass is 32.1. The third-order valence-corrected chi connectivity index (χ3v) is 6.36. The molecule has 1 atom stereocenters. The Balaban J connectivity index is 1.56. The lowest BCUT2D eigenvalue weighted by molar-refractivity contribution is -0.133. The smallest absolute Gasteiger partial charge is 0.224 e. The SMILES string of the molecule is CC(C)CC(=O)NCCC(=O)N(Cc1ccsc1)C1CC12CCNCC2. The average molecular weight is 378 g/mol. The van der Waals surface area contributed by atoms with Crippen LogP contribution in [0.4, 0.5) is 0 Å². The van der Waals surface area contributed by atoms with E-state index in [4.69, 9.17) is 0 Å². The summed E-state index contributed by atoms with van der Waals surface area (Å²) in [5.41, 5.74) is 1.54. The number of carbonyl (C=O) groups excluding carboxylic acids is 2. The number of carbonyl (C=O) groups is 2. The van der Waals surface area contributed by atoms with Gasteiger partial charge in [-0.25, -0.2) is 0 Å². The number of nitrogens with one attached hydrogen (secondary N) is 2. The van der Waals surface area contributed by atoms with Crippen LogP contribution in [0.1, 0.15) is 51.5 Å². The molecule has 2 N–H and O–H groups in total. The van der Waals surface area contributed by atoms with Gasteiger partial charge in [0.15, 0.2) is 0 Å². The zero-order valence-electron chi connectivity index (χ0n) is 15.9. The van der Waals surface area contributed by atoms with E-state index in [-0.39, 0.29) is 11.8 Å². The van der Waals surface area contributed by atoms with Crippen LogP contribution < -0.4 is 10.6 Å². The van der Waals surface area contributed by atoms with Crippen molar-refractivity contribution < 1.29 is 9.59 Å². The van der Waals surface area contributed by atoms with E-state index in [1.165, 1.54) is 5.56 Å². The second-order valence-electron chi connectivity index (χ2n) is 8.18. The summed E-state index contributed by atoms with van der Waals surface area (Å²) in [4.78, 5) is 26.8. The second kappa shape index (κ2) is 8.53. The third kappa shape index (κ3) is 4.86. The fourth-order valence-corrected chi connectivity index (χ4v) is 4.74. The molecular weight excluding hydrogens is 346 g/mol. The molecule has 144 valence electrons. The van der Waals surface area contributed by atoms with Crippen molar-refractivity contribution in [3.05, 3.63) is 22.4 Å². The van der Waals surface area contributed by atoms with Crippen molar-refractivity contribution in [2.75, 3.05) is 19.6 Å². The molecule has 1 aromatic heterocycles. The molecule has 1 unspecified atom stereocenters. The van der Waals surface area contributed by atoms with Gasteiger partial charge in [0.25, 0.3) is 0 Å². The minimum absolute atomic E-state index is 0.0402. The largest absolute Gasteiger partial charge is 0.356 e. The van der Waals surface area contributed by atoms with Gasteiger partial charge in [-0.15, -0.1) is 0 Å². The molecule has 1 aliphatic heterocycles. The Hall–Kier alpha value is -1.40. The van der Waals surface area contributed by atoms with Crippen molar-refractivity contribution >= 4 is 23.2 Å². The highest BCUT2D eigenvalue weighted by Gasteiger charge is 2.57. The van der Waals surface area contributed by atoms with Gasteiger partial charge in [-0.2, -0.15) is 11.3 Å². The molecule has 0 radical (unpaired) electrons. The van der Waals surface area contributed by atoms with Crippen molar-refractivity contribution in [2.45, 2.75) is 58.5 Å². The van der Waals surface area contributed by atoms with Gasteiger partial charge >= 0.3 is 0 Å². The summed E-state index contributed by atoms with van der Waals surface area (Å²) in [6.45, 7) is 7.30. The first-order valence-electron chi connectivity index (χ1n) is 9.78. The molecule has 1 aromatic rings. The Labute approximate surface area is 160 Å². The molecule has 1 spiro atoms.